The lowest BCUT2D eigenvalue weighted by atomic mass is 9.84. The van der Waals surface area contributed by atoms with E-state index in [1.807, 2.05) is 0 Å². The average molecular weight is 306 g/mol. The molecule has 5 heteroatoms. The van der Waals surface area contributed by atoms with Crippen LogP contribution in [-0.4, -0.2) is 30.6 Å². The first kappa shape index (κ1) is 12.9. The van der Waals surface area contributed by atoms with E-state index in [2.05, 4.69) is 10.2 Å². The van der Waals surface area contributed by atoms with Crippen molar-refractivity contribution in [3.8, 4) is 0 Å². The molecule has 4 rings (SSSR count). The van der Waals surface area contributed by atoms with Gasteiger partial charge in [-0.15, -0.1) is 0 Å². The highest BCUT2D eigenvalue weighted by Gasteiger charge is 2.34. The van der Waals surface area contributed by atoms with Crippen LogP contribution in [0.3, 0.4) is 0 Å². The second-order valence-electron chi connectivity index (χ2n) is 5.13. The summed E-state index contributed by atoms with van der Waals surface area (Å²) in [6, 6.07) is 3.92. The Kier molecular flexibility index (Phi) is 3.63. The van der Waals surface area contributed by atoms with E-state index in [1.165, 1.54) is 25.9 Å². The fraction of sp³-hybridized carbons (Fsp3) is 0.538. The fourth-order valence-corrected chi connectivity index (χ4v) is 3.92. The maximum Gasteiger partial charge on any atom is 0.0722 e. The van der Waals surface area contributed by atoms with Crippen LogP contribution in [0.2, 0.25) is 15.1 Å². The van der Waals surface area contributed by atoms with E-state index in [1.54, 1.807) is 12.1 Å². The van der Waals surface area contributed by atoms with E-state index in [0.29, 0.717) is 21.1 Å². The molecule has 1 unspecified atom stereocenters. The highest BCUT2D eigenvalue weighted by Crippen LogP contribution is 2.37. The molecule has 1 N–H and O–H groups in total. The summed E-state index contributed by atoms with van der Waals surface area (Å²) < 4.78 is 0. The van der Waals surface area contributed by atoms with Crippen molar-refractivity contribution in [3.63, 3.8) is 0 Å². The molecular formula is C13H15Cl3N2. The normalized spacial score (nSPS) is 30.5. The van der Waals surface area contributed by atoms with Crippen molar-refractivity contribution in [1.29, 1.82) is 0 Å². The first-order valence-electron chi connectivity index (χ1n) is 6.27. The van der Waals surface area contributed by atoms with Gasteiger partial charge in [-0.25, -0.2) is 0 Å². The molecule has 3 fully saturated rings. The highest BCUT2D eigenvalue weighted by atomic mass is 35.5. The molecule has 0 aromatic heterocycles. The largest absolute Gasteiger partial charge is 0.378 e. The van der Waals surface area contributed by atoms with E-state index in [9.17, 15) is 0 Å². The van der Waals surface area contributed by atoms with Gasteiger partial charge in [-0.2, -0.15) is 0 Å². The average Bonchev–Trinajstić information content (AvgIpc) is 2.35. The molecule has 0 spiro atoms. The van der Waals surface area contributed by atoms with Crippen LogP contribution in [0.25, 0.3) is 0 Å². The molecule has 3 aliphatic heterocycles. The molecule has 3 aliphatic rings. The van der Waals surface area contributed by atoms with Gasteiger partial charge in [0.05, 0.1) is 15.7 Å². The molecule has 2 nitrogen and oxygen atoms in total. The van der Waals surface area contributed by atoms with Crippen LogP contribution in [0, 0.1) is 5.92 Å². The van der Waals surface area contributed by atoms with Gasteiger partial charge in [0, 0.05) is 17.6 Å². The summed E-state index contributed by atoms with van der Waals surface area (Å²) in [6.07, 6.45) is 2.53. The zero-order valence-electron chi connectivity index (χ0n) is 9.93. The molecule has 18 heavy (non-hydrogen) atoms. The van der Waals surface area contributed by atoms with Gasteiger partial charge in [-0.05, 0) is 44.0 Å². The Morgan fingerprint density at radius 2 is 1.67 bits per heavy atom. The smallest absolute Gasteiger partial charge is 0.0722 e. The van der Waals surface area contributed by atoms with Gasteiger partial charge in [0.2, 0.25) is 0 Å². The zero-order chi connectivity index (χ0) is 12.7. The Labute approximate surface area is 122 Å². The number of fused-ring (bicyclic) bond motifs is 3. The number of hydrogen-bond acceptors (Lipinski definition) is 2. The van der Waals surface area contributed by atoms with E-state index < -0.39 is 0 Å². The SMILES string of the molecule is Clc1cc(Cl)c(NC2CN3CCC2CC3)c(Cl)c1. The quantitative estimate of drug-likeness (QED) is 0.883. The van der Waals surface area contributed by atoms with Gasteiger partial charge in [0.1, 0.15) is 0 Å². The monoisotopic (exact) mass is 304 g/mol. The molecule has 0 saturated carbocycles. The summed E-state index contributed by atoms with van der Waals surface area (Å²) in [7, 11) is 0. The van der Waals surface area contributed by atoms with Gasteiger partial charge in [0.25, 0.3) is 0 Å². The van der Waals surface area contributed by atoms with Crippen LogP contribution in [0.1, 0.15) is 12.8 Å². The third kappa shape index (κ3) is 2.44. The second kappa shape index (κ2) is 5.09. The highest BCUT2D eigenvalue weighted by molar-refractivity contribution is 6.41. The molecule has 1 atom stereocenters. The number of anilines is 1. The Hall–Kier alpha value is -0.150. The minimum absolute atomic E-state index is 0.448. The van der Waals surface area contributed by atoms with Crippen LogP contribution in [0.4, 0.5) is 5.69 Å². The zero-order valence-corrected chi connectivity index (χ0v) is 12.2. The first-order chi connectivity index (χ1) is 8.63. The Morgan fingerprint density at radius 1 is 1.06 bits per heavy atom. The van der Waals surface area contributed by atoms with Crippen molar-refractivity contribution in [1.82, 2.24) is 4.90 Å². The standard InChI is InChI=1S/C13H15Cl3N2/c14-9-5-10(15)13(11(16)6-9)17-12-7-18-3-1-8(12)2-4-18/h5-6,8,12,17H,1-4,7H2. The van der Waals surface area contributed by atoms with E-state index in [0.717, 1.165) is 18.2 Å². The maximum absolute atomic E-state index is 6.21. The lowest BCUT2D eigenvalue weighted by Crippen LogP contribution is -2.53. The fourth-order valence-electron chi connectivity index (χ4n) is 2.99. The third-order valence-corrected chi connectivity index (χ3v) is 4.81. The summed E-state index contributed by atoms with van der Waals surface area (Å²) in [5.74, 6) is 0.734. The molecule has 0 aliphatic carbocycles. The van der Waals surface area contributed by atoms with Crippen molar-refractivity contribution in [2.45, 2.75) is 18.9 Å². The Balaban J connectivity index is 1.81. The van der Waals surface area contributed by atoms with Gasteiger partial charge in [-0.1, -0.05) is 34.8 Å². The number of halogens is 3. The second-order valence-corrected chi connectivity index (χ2v) is 6.38. The molecule has 1 aromatic rings. The molecule has 1 aromatic carbocycles. The van der Waals surface area contributed by atoms with Crippen molar-refractivity contribution in [2.75, 3.05) is 25.0 Å². The summed E-state index contributed by atoms with van der Waals surface area (Å²) in [5.41, 5.74) is 0.821. The number of rotatable bonds is 2. The summed E-state index contributed by atoms with van der Waals surface area (Å²) in [5, 5.41) is 5.29. The lowest BCUT2D eigenvalue weighted by Gasteiger charge is -2.45. The minimum atomic E-state index is 0.448. The topological polar surface area (TPSA) is 15.3 Å². The van der Waals surface area contributed by atoms with Crippen LogP contribution >= 0.6 is 34.8 Å². The van der Waals surface area contributed by atoms with Gasteiger partial charge >= 0.3 is 0 Å². The van der Waals surface area contributed by atoms with Gasteiger partial charge in [-0.3, -0.25) is 0 Å². The Morgan fingerprint density at radius 3 is 2.17 bits per heavy atom. The molecule has 3 saturated heterocycles. The number of nitrogens with one attached hydrogen (secondary N) is 1. The van der Waals surface area contributed by atoms with Gasteiger partial charge in [0.15, 0.2) is 0 Å². The van der Waals surface area contributed by atoms with Crippen LogP contribution in [-0.2, 0) is 0 Å². The number of piperidine rings is 3. The third-order valence-electron chi connectivity index (χ3n) is 3.99. The summed E-state index contributed by atoms with van der Waals surface area (Å²) in [6.45, 7) is 3.54. The molecular weight excluding hydrogens is 291 g/mol. The van der Waals surface area contributed by atoms with E-state index >= 15 is 0 Å². The Bertz CT molecular complexity index is 433. The minimum Gasteiger partial charge on any atom is -0.378 e. The number of nitrogens with zero attached hydrogens (tertiary/aromatic N) is 1. The van der Waals surface area contributed by atoms with Crippen molar-refractivity contribution in [3.05, 3.63) is 27.2 Å². The molecule has 3 heterocycles. The predicted octanol–water partition coefficient (Wildman–Crippen LogP) is 4.15. The molecule has 98 valence electrons. The van der Waals surface area contributed by atoms with Crippen LogP contribution < -0.4 is 5.32 Å². The molecule has 0 amide bonds. The van der Waals surface area contributed by atoms with E-state index in [4.69, 9.17) is 34.8 Å². The van der Waals surface area contributed by atoms with Crippen molar-refractivity contribution in [2.24, 2.45) is 5.92 Å². The summed E-state index contributed by atoms with van der Waals surface area (Å²) >= 11 is 18.3. The van der Waals surface area contributed by atoms with Crippen molar-refractivity contribution >= 4 is 40.5 Å². The van der Waals surface area contributed by atoms with Crippen molar-refractivity contribution < 1.29 is 0 Å². The van der Waals surface area contributed by atoms with Gasteiger partial charge < -0.3 is 10.2 Å². The number of hydrogen-bond donors (Lipinski definition) is 1. The summed E-state index contributed by atoms with van der Waals surface area (Å²) in [4.78, 5) is 2.50. The van der Waals surface area contributed by atoms with Crippen LogP contribution in [0.5, 0.6) is 0 Å². The first-order valence-corrected chi connectivity index (χ1v) is 7.40. The number of benzene rings is 1. The van der Waals surface area contributed by atoms with E-state index in [-0.39, 0.29) is 0 Å². The lowest BCUT2D eigenvalue weighted by molar-refractivity contribution is 0.0975. The van der Waals surface area contributed by atoms with Crippen LogP contribution in [0.15, 0.2) is 12.1 Å². The predicted molar refractivity (Wildman–Crippen MR) is 78.0 cm³/mol. The molecule has 0 radical (unpaired) electrons. The molecule has 2 bridgehead atoms. The maximum atomic E-state index is 6.21.